The lowest BCUT2D eigenvalue weighted by atomic mass is 10.2. The maximum absolute atomic E-state index is 12.2. The average molecular weight is 288 g/mol. The number of fused-ring (bicyclic) bond motifs is 1. The Balaban J connectivity index is 1.99. The molecule has 0 aliphatic carbocycles. The van der Waals surface area contributed by atoms with Crippen LogP contribution in [0.15, 0.2) is 53.7 Å². The van der Waals surface area contributed by atoms with Crippen molar-refractivity contribution in [3.05, 3.63) is 54.4 Å². The van der Waals surface area contributed by atoms with Crippen LogP contribution in [0, 0.1) is 6.92 Å². The van der Waals surface area contributed by atoms with E-state index in [9.17, 15) is 8.42 Å². The van der Waals surface area contributed by atoms with Crippen LogP contribution < -0.4 is 4.18 Å². The number of aryl methyl sites for hydroxylation is 1. The SMILES string of the molecule is Cc1ccc(S(=O)(=O)Oc2c[nH]c3cccnc23)cc1. The van der Waals surface area contributed by atoms with Gasteiger partial charge in [-0.15, -0.1) is 0 Å². The Hall–Kier alpha value is -2.34. The van der Waals surface area contributed by atoms with Crippen molar-refractivity contribution in [3.8, 4) is 5.75 Å². The first kappa shape index (κ1) is 12.7. The highest BCUT2D eigenvalue weighted by atomic mass is 32.2. The van der Waals surface area contributed by atoms with Crippen molar-refractivity contribution in [1.82, 2.24) is 9.97 Å². The average Bonchev–Trinajstić information content (AvgIpc) is 2.82. The van der Waals surface area contributed by atoms with Gasteiger partial charge in [-0.2, -0.15) is 8.42 Å². The molecule has 0 atom stereocenters. The van der Waals surface area contributed by atoms with Gasteiger partial charge in [0.05, 0.1) is 5.52 Å². The summed E-state index contributed by atoms with van der Waals surface area (Å²) in [6, 6.07) is 10.1. The zero-order valence-electron chi connectivity index (χ0n) is 10.7. The zero-order valence-corrected chi connectivity index (χ0v) is 11.5. The fourth-order valence-electron chi connectivity index (χ4n) is 1.86. The second-order valence-electron chi connectivity index (χ2n) is 4.40. The second-order valence-corrected chi connectivity index (χ2v) is 5.95. The minimum absolute atomic E-state index is 0.119. The molecule has 0 spiro atoms. The highest BCUT2D eigenvalue weighted by molar-refractivity contribution is 7.87. The van der Waals surface area contributed by atoms with Crippen LogP contribution in [0.4, 0.5) is 0 Å². The molecule has 5 nitrogen and oxygen atoms in total. The van der Waals surface area contributed by atoms with Crippen molar-refractivity contribution in [2.75, 3.05) is 0 Å². The van der Waals surface area contributed by atoms with E-state index in [0.29, 0.717) is 5.52 Å². The lowest BCUT2D eigenvalue weighted by Gasteiger charge is -2.05. The fraction of sp³-hybridized carbons (Fsp3) is 0.0714. The number of rotatable bonds is 3. The van der Waals surface area contributed by atoms with Gasteiger partial charge in [-0.25, -0.2) is 0 Å². The number of nitrogens with one attached hydrogen (secondary N) is 1. The molecule has 0 saturated carbocycles. The molecule has 3 aromatic rings. The molecule has 0 aliphatic heterocycles. The lowest BCUT2D eigenvalue weighted by Crippen LogP contribution is -2.09. The Labute approximate surface area is 116 Å². The van der Waals surface area contributed by atoms with E-state index in [1.807, 2.05) is 6.92 Å². The van der Waals surface area contributed by atoms with Crippen molar-refractivity contribution in [3.63, 3.8) is 0 Å². The summed E-state index contributed by atoms with van der Waals surface area (Å²) in [5.41, 5.74) is 2.20. The molecule has 1 aromatic carbocycles. The van der Waals surface area contributed by atoms with Crippen molar-refractivity contribution < 1.29 is 12.6 Å². The summed E-state index contributed by atoms with van der Waals surface area (Å²) in [5, 5.41) is 0. The monoisotopic (exact) mass is 288 g/mol. The van der Waals surface area contributed by atoms with Crippen molar-refractivity contribution in [1.29, 1.82) is 0 Å². The normalized spacial score (nSPS) is 11.7. The van der Waals surface area contributed by atoms with Gasteiger partial charge < -0.3 is 9.17 Å². The third-order valence-electron chi connectivity index (χ3n) is 2.91. The summed E-state index contributed by atoms with van der Waals surface area (Å²) in [6.45, 7) is 1.89. The first-order valence-electron chi connectivity index (χ1n) is 5.99. The molecular formula is C14H12N2O3S. The second kappa shape index (κ2) is 4.64. The lowest BCUT2D eigenvalue weighted by molar-refractivity contribution is 0.488. The number of hydrogen-bond donors (Lipinski definition) is 1. The van der Waals surface area contributed by atoms with Crippen LogP contribution in [0.3, 0.4) is 0 Å². The molecule has 0 radical (unpaired) electrons. The standard InChI is InChI=1S/C14H12N2O3S/c1-10-4-6-11(7-5-10)20(17,18)19-13-9-16-12-3-2-8-15-14(12)13/h2-9,16H,1H3. The van der Waals surface area contributed by atoms with Gasteiger partial charge >= 0.3 is 10.1 Å². The molecule has 2 aromatic heterocycles. The Bertz CT molecular complexity index is 852. The number of aromatic nitrogens is 2. The third-order valence-corrected chi connectivity index (χ3v) is 4.16. The summed E-state index contributed by atoms with van der Waals surface area (Å²) in [6.07, 6.45) is 3.07. The van der Waals surface area contributed by atoms with Crippen LogP contribution in [-0.2, 0) is 10.1 Å². The molecule has 0 fully saturated rings. The van der Waals surface area contributed by atoms with Crippen molar-refractivity contribution in [2.45, 2.75) is 11.8 Å². The van der Waals surface area contributed by atoms with Crippen LogP contribution in [0.1, 0.15) is 5.56 Å². The predicted molar refractivity (Wildman–Crippen MR) is 75.1 cm³/mol. The maximum atomic E-state index is 12.2. The molecular weight excluding hydrogens is 276 g/mol. The highest BCUT2D eigenvalue weighted by Gasteiger charge is 2.19. The van der Waals surface area contributed by atoms with E-state index in [1.54, 1.807) is 30.5 Å². The smallest absolute Gasteiger partial charge is 0.339 e. The maximum Gasteiger partial charge on any atom is 0.339 e. The number of aromatic amines is 1. The molecule has 1 N–H and O–H groups in total. The Morgan fingerprint density at radius 1 is 1.15 bits per heavy atom. The minimum atomic E-state index is -3.85. The highest BCUT2D eigenvalue weighted by Crippen LogP contribution is 2.26. The molecule has 3 rings (SSSR count). The summed E-state index contributed by atoms with van der Waals surface area (Å²) < 4.78 is 29.5. The van der Waals surface area contributed by atoms with Gasteiger partial charge in [0.2, 0.25) is 0 Å². The first-order valence-corrected chi connectivity index (χ1v) is 7.40. The van der Waals surface area contributed by atoms with Crippen LogP contribution in [0.2, 0.25) is 0 Å². The molecule has 20 heavy (non-hydrogen) atoms. The van der Waals surface area contributed by atoms with Crippen LogP contribution in [-0.4, -0.2) is 18.4 Å². The van der Waals surface area contributed by atoms with Gasteiger partial charge in [0.15, 0.2) is 5.75 Å². The van der Waals surface area contributed by atoms with E-state index in [2.05, 4.69) is 9.97 Å². The predicted octanol–water partition coefficient (Wildman–Crippen LogP) is 2.64. The van der Waals surface area contributed by atoms with Gasteiger partial charge in [-0.3, -0.25) is 4.98 Å². The quantitative estimate of drug-likeness (QED) is 0.752. The summed E-state index contributed by atoms with van der Waals surface area (Å²) in [4.78, 5) is 7.15. The number of nitrogens with zero attached hydrogens (tertiary/aromatic N) is 1. The summed E-state index contributed by atoms with van der Waals surface area (Å²) >= 11 is 0. The molecule has 0 bridgehead atoms. The number of benzene rings is 1. The first-order chi connectivity index (χ1) is 9.56. The topological polar surface area (TPSA) is 72.1 Å². The molecule has 102 valence electrons. The van der Waals surface area contributed by atoms with E-state index < -0.39 is 10.1 Å². The fourth-order valence-corrected chi connectivity index (χ4v) is 2.79. The van der Waals surface area contributed by atoms with E-state index in [0.717, 1.165) is 11.1 Å². The zero-order chi connectivity index (χ0) is 14.2. The third kappa shape index (κ3) is 2.25. The molecule has 6 heteroatoms. The van der Waals surface area contributed by atoms with Crippen LogP contribution in [0.25, 0.3) is 11.0 Å². The van der Waals surface area contributed by atoms with Gasteiger partial charge in [0, 0.05) is 12.4 Å². The molecule has 0 unspecified atom stereocenters. The molecule has 0 amide bonds. The van der Waals surface area contributed by atoms with Gasteiger partial charge in [-0.1, -0.05) is 17.7 Å². The van der Waals surface area contributed by atoms with E-state index in [-0.39, 0.29) is 10.6 Å². The van der Waals surface area contributed by atoms with Gasteiger partial charge in [-0.05, 0) is 31.2 Å². The Morgan fingerprint density at radius 3 is 2.65 bits per heavy atom. The molecule has 0 saturated heterocycles. The Morgan fingerprint density at radius 2 is 1.90 bits per heavy atom. The van der Waals surface area contributed by atoms with Gasteiger partial charge in [0.25, 0.3) is 0 Å². The largest absolute Gasteiger partial charge is 0.375 e. The molecule has 0 aliphatic rings. The van der Waals surface area contributed by atoms with E-state index in [1.165, 1.54) is 18.3 Å². The van der Waals surface area contributed by atoms with Crippen molar-refractivity contribution in [2.24, 2.45) is 0 Å². The minimum Gasteiger partial charge on any atom is -0.375 e. The Kier molecular flexibility index (Phi) is 2.94. The number of pyridine rings is 1. The summed E-state index contributed by atoms with van der Waals surface area (Å²) in [5.74, 6) is 0.196. The van der Waals surface area contributed by atoms with Gasteiger partial charge in [0.1, 0.15) is 10.4 Å². The number of H-pyrrole nitrogens is 1. The van der Waals surface area contributed by atoms with Crippen LogP contribution in [0.5, 0.6) is 5.75 Å². The van der Waals surface area contributed by atoms with Crippen LogP contribution >= 0.6 is 0 Å². The van der Waals surface area contributed by atoms with E-state index >= 15 is 0 Å². The molecule has 2 heterocycles. The van der Waals surface area contributed by atoms with Crippen molar-refractivity contribution >= 4 is 21.2 Å². The van der Waals surface area contributed by atoms with E-state index in [4.69, 9.17) is 4.18 Å². The summed E-state index contributed by atoms with van der Waals surface area (Å²) in [7, 11) is -3.85. The number of hydrogen-bond acceptors (Lipinski definition) is 4.